The van der Waals surface area contributed by atoms with E-state index in [1.807, 2.05) is 11.8 Å². The van der Waals surface area contributed by atoms with Crippen LogP contribution in [-0.2, 0) is 0 Å². The van der Waals surface area contributed by atoms with Gasteiger partial charge in [-0.3, -0.25) is 0 Å². The highest BCUT2D eigenvalue weighted by Gasteiger charge is 2.25. The second-order valence-electron chi connectivity index (χ2n) is 10.9. The van der Waals surface area contributed by atoms with E-state index in [-0.39, 0.29) is 5.37 Å². The lowest BCUT2D eigenvalue weighted by Gasteiger charge is -2.15. The van der Waals surface area contributed by atoms with Crippen LogP contribution in [0.1, 0.15) is 10.9 Å². The van der Waals surface area contributed by atoms with Gasteiger partial charge in [0.1, 0.15) is 5.37 Å². The lowest BCUT2D eigenvalue weighted by atomic mass is 9.89. The molecule has 0 spiro atoms. The Labute approximate surface area is 242 Å². The van der Waals surface area contributed by atoms with Gasteiger partial charge in [0.25, 0.3) is 0 Å². The van der Waals surface area contributed by atoms with Gasteiger partial charge in [0, 0.05) is 16.0 Å². The van der Waals surface area contributed by atoms with Gasteiger partial charge in [-0.2, -0.15) is 0 Å². The SMILES string of the molecule is c1ccc(C2Nc3ccc4ccc5ccc(-c6cc7ccc8ccccc8c7c7ccccc67)cc5c4c3S2)cc1. The molecule has 0 fully saturated rings. The van der Waals surface area contributed by atoms with Crippen molar-refractivity contribution in [3.05, 3.63) is 145 Å². The third-order valence-electron chi connectivity index (χ3n) is 8.64. The number of fused-ring (bicyclic) bond motifs is 10. The van der Waals surface area contributed by atoms with Crippen molar-refractivity contribution in [2.75, 3.05) is 5.32 Å². The molecule has 1 N–H and O–H groups in total. The Balaban J connectivity index is 1.29. The first-order valence-corrected chi connectivity index (χ1v) is 15.0. The van der Waals surface area contributed by atoms with Crippen LogP contribution in [-0.4, -0.2) is 0 Å². The molecule has 0 saturated heterocycles. The molecule has 2 heteroatoms. The zero-order valence-electron chi connectivity index (χ0n) is 22.3. The normalized spacial score (nSPS) is 14.7. The second-order valence-corrected chi connectivity index (χ2v) is 12.1. The maximum atomic E-state index is 3.78. The van der Waals surface area contributed by atoms with Gasteiger partial charge in [-0.1, -0.05) is 133 Å². The van der Waals surface area contributed by atoms with Gasteiger partial charge in [-0.15, -0.1) is 0 Å². The maximum Gasteiger partial charge on any atom is 0.103 e. The third kappa shape index (κ3) is 3.51. The van der Waals surface area contributed by atoms with Crippen molar-refractivity contribution in [1.29, 1.82) is 0 Å². The van der Waals surface area contributed by atoms with Gasteiger partial charge < -0.3 is 5.32 Å². The van der Waals surface area contributed by atoms with Gasteiger partial charge in [-0.05, 0) is 83.4 Å². The van der Waals surface area contributed by atoms with Crippen LogP contribution in [0, 0.1) is 0 Å². The summed E-state index contributed by atoms with van der Waals surface area (Å²) in [6, 6.07) is 51.3. The van der Waals surface area contributed by atoms with E-state index >= 15 is 0 Å². The van der Waals surface area contributed by atoms with Crippen LogP contribution in [0.3, 0.4) is 0 Å². The number of hydrogen-bond donors (Lipinski definition) is 1. The maximum absolute atomic E-state index is 3.78. The largest absolute Gasteiger partial charge is 0.368 e. The minimum atomic E-state index is 0.217. The van der Waals surface area contributed by atoms with Crippen molar-refractivity contribution in [2.24, 2.45) is 0 Å². The number of anilines is 1. The first-order valence-electron chi connectivity index (χ1n) is 14.1. The zero-order chi connectivity index (χ0) is 26.9. The first-order chi connectivity index (χ1) is 20.3. The van der Waals surface area contributed by atoms with Gasteiger partial charge in [0.2, 0.25) is 0 Å². The summed E-state index contributed by atoms with van der Waals surface area (Å²) in [5.74, 6) is 0. The van der Waals surface area contributed by atoms with E-state index in [9.17, 15) is 0 Å². The molecular formula is C39H25NS. The van der Waals surface area contributed by atoms with Gasteiger partial charge in [0.15, 0.2) is 0 Å². The number of thioether (sulfide) groups is 1. The van der Waals surface area contributed by atoms with Crippen molar-refractivity contribution < 1.29 is 0 Å². The minimum Gasteiger partial charge on any atom is -0.368 e. The monoisotopic (exact) mass is 539 g/mol. The molecule has 8 aromatic rings. The van der Waals surface area contributed by atoms with Gasteiger partial charge in [-0.25, -0.2) is 0 Å². The highest BCUT2D eigenvalue weighted by molar-refractivity contribution is 8.00. The second kappa shape index (κ2) is 8.86. The fraction of sp³-hybridized carbons (Fsp3) is 0.0256. The Hall–Kier alpha value is -4.79. The van der Waals surface area contributed by atoms with E-state index in [2.05, 4.69) is 145 Å². The van der Waals surface area contributed by atoms with Crippen LogP contribution >= 0.6 is 11.8 Å². The van der Waals surface area contributed by atoms with Crippen LogP contribution in [0.5, 0.6) is 0 Å². The molecule has 41 heavy (non-hydrogen) atoms. The highest BCUT2D eigenvalue weighted by atomic mass is 32.2. The van der Waals surface area contributed by atoms with Crippen molar-refractivity contribution in [2.45, 2.75) is 10.3 Å². The summed E-state index contributed by atoms with van der Waals surface area (Å²) >= 11 is 1.93. The molecule has 9 rings (SSSR count). The number of hydrogen-bond acceptors (Lipinski definition) is 2. The van der Waals surface area contributed by atoms with E-state index in [1.165, 1.54) is 81.1 Å². The number of rotatable bonds is 2. The molecular weight excluding hydrogens is 515 g/mol. The fourth-order valence-corrected chi connectivity index (χ4v) is 8.02. The van der Waals surface area contributed by atoms with Crippen LogP contribution in [0.25, 0.3) is 65.0 Å². The summed E-state index contributed by atoms with van der Waals surface area (Å²) in [7, 11) is 0. The van der Waals surface area contributed by atoms with E-state index in [4.69, 9.17) is 0 Å². The molecule has 0 aromatic heterocycles. The quantitative estimate of drug-likeness (QED) is 0.219. The Bertz CT molecular complexity index is 2320. The molecule has 1 heterocycles. The Morgan fingerprint density at radius 3 is 2.00 bits per heavy atom. The summed E-state index contributed by atoms with van der Waals surface area (Å²) in [6.07, 6.45) is 0. The lowest BCUT2D eigenvalue weighted by Crippen LogP contribution is -2.00. The first kappa shape index (κ1) is 23.0. The van der Waals surface area contributed by atoms with Crippen molar-refractivity contribution in [1.82, 2.24) is 0 Å². The smallest absolute Gasteiger partial charge is 0.103 e. The molecule has 1 aliphatic rings. The van der Waals surface area contributed by atoms with E-state index in [0.717, 1.165) is 0 Å². The summed E-state index contributed by atoms with van der Waals surface area (Å²) in [5, 5.41) is 17.0. The van der Waals surface area contributed by atoms with Crippen LogP contribution in [0.2, 0.25) is 0 Å². The molecule has 0 amide bonds. The predicted molar refractivity (Wildman–Crippen MR) is 178 cm³/mol. The van der Waals surface area contributed by atoms with Crippen LogP contribution < -0.4 is 5.32 Å². The minimum absolute atomic E-state index is 0.217. The van der Waals surface area contributed by atoms with Gasteiger partial charge in [0.05, 0.1) is 0 Å². The number of benzene rings is 8. The third-order valence-corrected chi connectivity index (χ3v) is 9.92. The van der Waals surface area contributed by atoms with Gasteiger partial charge >= 0.3 is 0 Å². The molecule has 1 aliphatic heterocycles. The topological polar surface area (TPSA) is 12.0 Å². The summed E-state index contributed by atoms with van der Waals surface area (Å²) < 4.78 is 0. The molecule has 1 unspecified atom stereocenters. The lowest BCUT2D eigenvalue weighted by molar-refractivity contribution is 1.14. The Morgan fingerprint density at radius 1 is 0.463 bits per heavy atom. The standard InChI is InChI=1S/C39H25NS/c1-2-9-27(10-3-1)39-40-35-21-20-26-17-14-25-15-18-28(22-34(25)37(26)38(35)41-39)33-23-29-19-16-24-8-4-5-11-30(24)36(29)32-13-7-6-12-31(32)33/h1-23,39-40H. The molecule has 0 aliphatic carbocycles. The molecule has 192 valence electrons. The van der Waals surface area contributed by atoms with E-state index < -0.39 is 0 Å². The summed E-state index contributed by atoms with van der Waals surface area (Å²) in [6.45, 7) is 0. The van der Waals surface area contributed by atoms with E-state index in [0.29, 0.717) is 0 Å². The van der Waals surface area contributed by atoms with Crippen molar-refractivity contribution in [3.8, 4) is 11.1 Å². The molecule has 1 nitrogen and oxygen atoms in total. The summed E-state index contributed by atoms with van der Waals surface area (Å²) in [5.41, 5.74) is 5.06. The van der Waals surface area contributed by atoms with E-state index in [1.54, 1.807) is 0 Å². The van der Waals surface area contributed by atoms with Crippen LogP contribution in [0.15, 0.2) is 144 Å². The average Bonchev–Trinajstić information content (AvgIpc) is 3.49. The van der Waals surface area contributed by atoms with Crippen molar-refractivity contribution in [3.63, 3.8) is 0 Å². The summed E-state index contributed by atoms with van der Waals surface area (Å²) in [4.78, 5) is 1.34. The average molecular weight is 540 g/mol. The fourth-order valence-electron chi connectivity index (χ4n) is 6.70. The van der Waals surface area contributed by atoms with Crippen molar-refractivity contribution >= 4 is 71.3 Å². The molecule has 0 radical (unpaired) electrons. The molecule has 0 bridgehead atoms. The Morgan fingerprint density at radius 2 is 1.12 bits per heavy atom. The zero-order valence-corrected chi connectivity index (χ0v) is 23.1. The molecule has 0 saturated carbocycles. The molecule has 1 atom stereocenters. The highest BCUT2D eigenvalue weighted by Crippen LogP contribution is 2.51. The molecule has 8 aromatic carbocycles. The predicted octanol–water partition coefficient (Wildman–Crippen LogP) is 11.3. The van der Waals surface area contributed by atoms with Crippen LogP contribution in [0.4, 0.5) is 5.69 Å². The number of nitrogens with one attached hydrogen (secondary N) is 1. The Kier molecular flexibility index (Phi) is 4.96.